The molecular weight excluding hydrogens is 300 g/mol. The van der Waals surface area contributed by atoms with E-state index in [0.717, 1.165) is 54.9 Å². The zero-order chi connectivity index (χ0) is 16.5. The molecule has 2 atom stereocenters. The van der Waals surface area contributed by atoms with Crippen molar-refractivity contribution < 1.29 is 4.79 Å². The quantitative estimate of drug-likeness (QED) is 0.943. The summed E-state index contributed by atoms with van der Waals surface area (Å²) in [5, 5.41) is 3.02. The van der Waals surface area contributed by atoms with Gasteiger partial charge in [0.15, 0.2) is 5.82 Å². The first-order valence-corrected chi connectivity index (χ1v) is 8.75. The number of amides is 2. The summed E-state index contributed by atoms with van der Waals surface area (Å²) in [6, 6.07) is 10.5. The first-order valence-electron chi connectivity index (χ1n) is 8.75. The van der Waals surface area contributed by atoms with Crippen molar-refractivity contribution in [2.75, 3.05) is 6.54 Å². The maximum atomic E-state index is 12.5. The Morgan fingerprint density at radius 3 is 2.92 bits per heavy atom. The first kappa shape index (κ1) is 15.1. The SMILES string of the molecule is CCCNC(=O)N1C2CCC1c1cnc(-c3ccccc3)nc1C2. The van der Waals surface area contributed by atoms with Crippen LogP contribution in [0.2, 0.25) is 0 Å². The highest BCUT2D eigenvalue weighted by Gasteiger charge is 2.43. The molecule has 1 aromatic heterocycles. The summed E-state index contributed by atoms with van der Waals surface area (Å²) in [7, 11) is 0. The molecule has 1 fully saturated rings. The molecule has 0 radical (unpaired) electrons. The number of aromatic nitrogens is 2. The van der Waals surface area contributed by atoms with Gasteiger partial charge >= 0.3 is 6.03 Å². The van der Waals surface area contributed by atoms with E-state index in [4.69, 9.17) is 4.98 Å². The number of benzene rings is 1. The van der Waals surface area contributed by atoms with Crippen molar-refractivity contribution in [1.82, 2.24) is 20.2 Å². The lowest BCUT2D eigenvalue weighted by molar-refractivity contribution is 0.165. The maximum absolute atomic E-state index is 12.5. The molecule has 5 nitrogen and oxygen atoms in total. The lowest BCUT2D eigenvalue weighted by atomic mass is 9.99. The standard InChI is InChI=1S/C19H22N4O/c1-2-10-20-19(24)23-14-8-9-17(23)15-12-21-18(22-16(15)11-14)13-6-4-3-5-7-13/h3-7,12,14,17H,2,8-11H2,1H3,(H,20,24). The van der Waals surface area contributed by atoms with Crippen molar-refractivity contribution in [3.63, 3.8) is 0 Å². The molecular formula is C19H22N4O. The third-order valence-electron chi connectivity index (χ3n) is 4.98. The molecule has 5 heteroatoms. The van der Waals surface area contributed by atoms with Gasteiger partial charge in [0.1, 0.15) is 0 Å². The van der Waals surface area contributed by atoms with E-state index in [1.807, 2.05) is 41.4 Å². The van der Waals surface area contributed by atoms with E-state index < -0.39 is 0 Å². The van der Waals surface area contributed by atoms with Gasteiger partial charge in [-0.1, -0.05) is 37.3 Å². The minimum Gasteiger partial charge on any atom is -0.338 e. The predicted molar refractivity (Wildman–Crippen MR) is 92.5 cm³/mol. The summed E-state index contributed by atoms with van der Waals surface area (Å²) < 4.78 is 0. The van der Waals surface area contributed by atoms with Gasteiger partial charge in [-0.05, 0) is 19.3 Å². The fraction of sp³-hybridized carbons (Fsp3) is 0.421. The molecule has 2 aliphatic heterocycles. The third kappa shape index (κ3) is 2.54. The Kier molecular flexibility index (Phi) is 3.92. The van der Waals surface area contributed by atoms with Crippen LogP contribution in [0.1, 0.15) is 43.5 Å². The average Bonchev–Trinajstić information content (AvgIpc) is 2.95. The summed E-state index contributed by atoms with van der Waals surface area (Å²) in [6.45, 7) is 2.80. The number of nitrogens with one attached hydrogen (secondary N) is 1. The highest BCUT2D eigenvalue weighted by atomic mass is 16.2. The molecule has 4 rings (SSSR count). The van der Waals surface area contributed by atoms with Gasteiger partial charge in [-0.3, -0.25) is 0 Å². The number of urea groups is 1. The van der Waals surface area contributed by atoms with E-state index in [0.29, 0.717) is 0 Å². The van der Waals surface area contributed by atoms with Crippen LogP contribution in [0.5, 0.6) is 0 Å². The molecule has 24 heavy (non-hydrogen) atoms. The Hall–Kier alpha value is -2.43. The second kappa shape index (κ2) is 6.23. The van der Waals surface area contributed by atoms with E-state index in [-0.39, 0.29) is 18.1 Å². The minimum absolute atomic E-state index is 0.0575. The largest absolute Gasteiger partial charge is 0.338 e. The van der Waals surface area contributed by atoms with Crippen molar-refractivity contribution >= 4 is 6.03 Å². The van der Waals surface area contributed by atoms with Crippen molar-refractivity contribution in [3.05, 3.63) is 47.8 Å². The third-order valence-corrected chi connectivity index (χ3v) is 4.98. The van der Waals surface area contributed by atoms with Crippen LogP contribution in [0, 0.1) is 0 Å². The molecule has 2 bridgehead atoms. The molecule has 2 aliphatic rings. The van der Waals surface area contributed by atoms with Gasteiger partial charge in [0.05, 0.1) is 11.7 Å². The Morgan fingerprint density at radius 2 is 2.12 bits per heavy atom. The van der Waals surface area contributed by atoms with Crippen molar-refractivity contribution in [1.29, 1.82) is 0 Å². The Labute approximate surface area is 142 Å². The van der Waals surface area contributed by atoms with Crippen molar-refractivity contribution in [3.8, 4) is 11.4 Å². The maximum Gasteiger partial charge on any atom is 0.318 e. The highest BCUT2D eigenvalue weighted by Crippen LogP contribution is 2.43. The second-order valence-corrected chi connectivity index (χ2v) is 6.55. The molecule has 2 unspecified atom stereocenters. The van der Waals surface area contributed by atoms with Crippen LogP contribution in [-0.4, -0.2) is 33.5 Å². The molecule has 2 aromatic rings. The Balaban J connectivity index is 1.63. The van der Waals surface area contributed by atoms with Gasteiger partial charge < -0.3 is 10.2 Å². The summed E-state index contributed by atoms with van der Waals surface area (Å²) in [4.78, 5) is 23.9. The van der Waals surface area contributed by atoms with E-state index in [2.05, 4.69) is 17.2 Å². The summed E-state index contributed by atoms with van der Waals surface area (Å²) >= 11 is 0. The average molecular weight is 322 g/mol. The van der Waals surface area contributed by atoms with E-state index in [1.54, 1.807) is 0 Å². The number of nitrogens with zero attached hydrogens (tertiary/aromatic N) is 3. The second-order valence-electron chi connectivity index (χ2n) is 6.55. The molecule has 0 saturated carbocycles. The Bertz CT molecular complexity index is 746. The Morgan fingerprint density at radius 1 is 1.29 bits per heavy atom. The molecule has 0 aliphatic carbocycles. The zero-order valence-corrected chi connectivity index (χ0v) is 13.9. The van der Waals surface area contributed by atoms with Crippen LogP contribution in [-0.2, 0) is 6.42 Å². The van der Waals surface area contributed by atoms with Gasteiger partial charge in [-0.2, -0.15) is 0 Å². The van der Waals surface area contributed by atoms with E-state index >= 15 is 0 Å². The van der Waals surface area contributed by atoms with Crippen LogP contribution in [0.25, 0.3) is 11.4 Å². The fourth-order valence-electron chi connectivity index (χ4n) is 3.84. The number of rotatable bonds is 3. The van der Waals surface area contributed by atoms with Crippen molar-refractivity contribution in [2.24, 2.45) is 0 Å². The van der Waals surface area contributed by atoms with Gasteiger partial charge in [0.2, 0.25) is 0 Å². The van der Waals surface area contributed by atoms with Gasteiger partial charge in [0.25, 0.3) is 0 Å². The molecule has 124 valence electrons. The molecule has 1 saturated heterocycles. The van der Waals surface area contributed by atoms with E-state index in [1.165, 1.54) is 0 Å². The number of hydrogen-bond acceptors (Lipinski definition) is 3. The number of carbonyl (C=O) groups is 1. The highest BCUT2D eigenvalue weighted by molar-refractivity contribution is 5.76. The van der Waals surface area contributed by atoms with Crippen LogP contribution < -0.4 is 5.32 Å². The molecule has 2 amide bonds. The molecule has 1 aromatic carbocycles. The normalized spacial score (nSPS) is 21.5. The van der Waals surface area contributed by atoms with Crippen LogP contribution in [0.3, 0.4) is 0 Å². The topological polar surface area (TPSA) is 58.1 Å². The van der Waals surface area contributed by atoms with E-state index in [9.17, 15) is 4.79 Å². The zero-order valence-electron chi connectivity index (χ0n) is 13.9. The first-order chi connectivity index (χ1) is 11.8. The fourth-order valence-corrected chi connectivity index (χ4v) is 3.84. The lowest BCUT2D eigenvalue weighted by Crippen LogP contribution is -2.47. The smallest absolute Gasteiger partial charge is 0.318 e. The summed E-state index contributed by atoms with van der Waals surface area (Å²) in [6.07, 6.45) is 5.76. The van der Waals surface area contributed by atoms with Gasteiger partial charge in [0, 0.05) is 36.3 Å². The van der Waals surface area contributed by atoms with Crippen LogP contribution in [0.15, 0.2) is 36.5 Å². The molecule has 1 N–H and O–H groups in total. The minimum atomic E-state index is 0.0575. The summed E-state index contributed by atoms with van der Waals surface area (Å²) in [5.41, 5.74) is 3.27. The van der Waals surface area contributed by atoms with Crippen LogP contribution >= 0.6 is 0 Å². The van der Waals surface area contributed by atoms with Gasteiger partial charge in [-0.15, -0.1) is 0 Å². The number of carbonyl (C=O) groups excluding carboxylic acids is 1. The monoisotopic (exact) mass is 322 g/mol. The van der Waals surface area contributed by atoms with Crippen molar-refractivity contribution in [2.45, 2.75) is 44.7 Å². The van der Waals surface area contributed by atoms with Crippen LogP contribution in [0.4, 0.5) is 4.79 Å². The molecule has 3 heterocycles. The molecule has 0 spiro atoms. The predicted octanol–water partition coefficient (Wildman–Crippen LogP) is 3.32. The lowest BCUT2D eigenvalue weighted by Gasteiger charge is -2.35. The number of fused-ring (bicyclic) bond motifs is 4. The number of hydrogen-bond donors (Lipinski definition) is 1. The summed E-state index contributed by atoms with van der Waals surface area (Å²) in [5.74, 6) is 0.776. The van der Waals surface area contributed by atoms with Gasteiger partial charge in [-0.25, -0.2) is 14.8 Å².